The minimum absolute atomic E-state index is 0.399. The van der Waals surface area contributed by atoms with E-state index in [1.807, 2.05) is 61.1 Å². The molecule has 13 heteroatoms. The maximum Gasteiger partial charge on any atom is 0.138 e. The van der Waals surface area contributed by atoms with E-state index in [1.165, 1.54) is 0 Å². The van der Waals surface area contributed by atoms with E-state index in [4.69, 9.17) is 33.3 Å². The zero-order valence-corrected chi connectivity index (χ0v) is 56.3. The second-order valence-electron chi connectivity index (χ2n) is 26.9. The van der Waals surface area contributed by atoms with Crippen LogP contribution in [-0.2, 0) is 12.8 Å². The molecular formula is C92H57N9O4. The molecule has 0 saturated carbocycles. The molecule has 10 heterocycles. The normalized spacial score (nSPS) is 12.1. The number of nitriles is 1. The Kier molecular flexibility index (Phi) is 12.8. The van der Waals surface area contributed by atoms with Gasteiger partial charge < -0.3 is 41.1 Å². The van der Waals surface area contributed by atoms with E-state index in [-0.39, 0.29) is 0 Å². The Morgan fingerprint density at radius 2 is 0.600 bits per heavy atom. The number of pyridine rings is 3. The molecule has 0 amide bonds. The van der Waals surface area contributed by atoms with Crippen molar-refractivity contribution in [3.63, 3.8) is 0 Å². The summed E-state index contributed by atoms with van der Waals surface area (Å²) in [5, 5.41) is 24.5. The summed E-state index contributed by atoms with van der Waals surface area (Å²) in [5.41, 5.74) is 20.7. The molecule has 0 N–H and O–H groups in total. The van der Waals surface area contributed by atoms with Crippen molar-refractivity contribution < 1.29 is 18.3 Å². The molecule has 12 aromatic carbocycles. The van der Waals surface area contributed by atoms with Crippen molar-refractivity contribution >= 4 is 153 Å². The van der Waals surface area contributed by atoms with Gasteiger partial charge in [-0.3, -0.25) is 15.0 Å². The number of hydrogen-bond acceptors (Lipinski definition) is 8. The molecule has 22 rings (SSSR count). The summed E-state index contributed by atoms with van der Waals surface area (Å²) in [6.45, 7) is 0.805. The molecule has 0 aliphatic heterocycles. The van der Waals surface area contributed by atoms with E-state index in [9.17, 15) is 5.26 Å². The number of benzene rings is 12. The summed E-state index contributed by atoms with van der Waals surface area (Å²) in [7, 11) is 0. The fraction of sp³-hybridized carbons (Fsp3) is 0.0435. The Balaban J connectivity index is 0.871. The molecule has 22 aromatic rings. The monoisotopic (exact) mass is 1350 g/mol. The van der Waals surface area contributed by atoms with Gasteiger partial charge in [0, 0.05) is 90.7 Å². The lowest BCUT2D eigenvalue weighted by molar-refractivity contribution is 0.322. The van der Waals surface area contributed by atoms with Crippen molar-refractivity contribution in [2.45, 2.75) is 12.8 Å². The molecule has 0 radical (unpaired) electrons. The van der Waals surface area contributed by atoms with Crippen LogP contribution in [0, 0.1) is 11.3 Å². The molecule has 0 fully saturated rings. The van der Waals surface area contributed by atoms with Gasteiger partial charge in [0.25, 0.3) is 0 Å². The molecule has 0 atom stereocenters. The van der Waals surface area contributed by atoms with Crippen molar-refractivity contribution in [2.75, 3.05) is 13.2 Å². The highest BCUT2D eigenvalue weighted by Gasteiger charge is 2.37. The van der Waals surface area contributed by atoms with Gasteiger partial charge >= 0.3 is 0 Å². The van der Waals surface area contributed by atoms with E-state index < -0.39 is 0 Å². The average molecular weight is 1350 g/mol. The second-order valence-corrected chi connectivity index (χ2v) is 26.9. The maximum absolute atomic E-state index is 13.4. The van der Waals surface area contributed by atoms with Crippen LogP contribution in [0.25, 0.3) is 182 Å². The third-order valence-electron chi connectivity index (χ3n) is 21.4. The Bertz CT molecular complexity index is 6940. The first-order chi connectivity index (χ1) is 52.1. The predicted molar refractivity (Wildman–Crippen MR) is 422 cm³/mol. The number of aromatic nitrogens is 8. The van der Waals surface area contributed by atoms with Crippen molar-refractivity contribution in [3.05, 3.63) is 314 Å². The quantitative estimate of drug-likeness (QED) is 0.111. The molecule has 0 saturated heterocycles. The summed E-state index contributed by atoms with van der Waals surface area (Å²) in [5.74, 6) is 1.44. The highest BCUT2D eigenvalue weighted by Crippen LogP contribution is 2.52. The molecule has 0 aliphatic carbocycles. The maximum atomic E-state index is 13.4. The van der Waals surface area contributed by atoms with Gasteiger partial charge in [0.2, 0.25) is 0 Å². The first-order valence-electron chi connectivity index (χ1n) is 35.4. The lowest BCUT2D eigenvalue weighted by Crippen LogP contribution is -2.18. The third kappa shape index (κ3) is 8.59. The molecule has 494 valence electrons. The Hall–Kier alpha value is -14.2. The highest BCUT2D eigenvalue weighted by molar-refractivity contribution is 6.18. The SMILES string of the molecule is N#Cc1c(-n2c3ccccc3c3ncccc32)c(-n2c3ccccc3c3cc(OCCc4cccc5c4oc4ccccc45)ccc32)c(-n2c3ccccc3c3ncccc32)c(-n2c3ccccc3c3cc(OCCc4cccc5c4oc4ccccc45)ccc32)c1-n1c2ccccc2c2ncccc21. The average Bonchev–Trinajstić information content (AvgIpc) is 1.54. The van der Waals surface area contributed by atoms with E-state index in [1.54, 1.807) is 0 Å². The first-order valence-corrected chi connectivity index (χ1v) is 35.4. The molecule has 10 aromatic heterocycles. The van der Waals surface area contributed by atoms with Gasteiger partial charge in [-0.2, -0.15) is 5.26 Å². The van der Waals surface area contributed by atoms with Gasteiger partial charge in [0.05, 0.1) is 113 Å². The van der Waals surface area contributed by atoms with Gasteiger partial charge in [0.1, 0.15) is 45.5 Å². The van der Waals surface area contributed by atoms with Gasteiger partial charge in [-0.25, -0.2) is 0 Å². The van der Waals surface area contributed by atoms with Crippen LogP contribution < -0.4 is 9.47 Å². The van der Waals surface area contributed by atoms with E-state index in [0.717, 1.165) is 193 Å². The smallest absolute Gasteiger partial charge is 0.138 e. The molecule has 0 bridgehead atoms. The van der Waals surface area contributed by atoms with Gasteiger partial charge in [-0.05, 0) is 126 Å². The van der Waals surface area contributed by atoms with Crippen molar-refractivity contribution in [2.24, 2.45) is 0 Å². The van der Waals surface area contributed by atoms with Gasteiger partial charge in [0.15, 0.2) is 0 Å². The Morgan fingerprint density at radius 3 is 1.01 bits per heavy atom. The van der Waals surface area contributed by atoms with Gasteiger partial charge in [-0.1, -0.05) is 164 Å². The highest BCUT2D eigenvalue weighted by atomic mass is 16.5. The van der Waals surface area contributed by atoms with Crippen LogP contribution in [0.2, 0.25) is 0 Å². The molecular weight excluding hydrogens is 1300 g/mol. The third-order valence-corrected chi connectivity index (χ3v) is 21.4. The van der Waals surface area contributed by atoms with E-state index in [2.05, 4.69) is 265 Å². The minimum Gasteiger partial charge on any atom is -0.493 e. The first kappa shape index (κ1) is 58.6. The molecule has 0 aliphatic rings. The summed E-state index contributed by atoms with van der Waals surface area (Å²) >= 11 is 0. The fourth-order valence-electron chi connectivity index (χ4n) is 17.1. The summed E-state index contributed by atoms with van der Waals surface area (Å²) in [4.78, 5) is 15.7. The van der Waals surface area contributed by atoms with Crippen LogP contribution >= 0.6 is 0 Å². The van der Waals surface area contributed by atoms with Crippen LogP contribution in [0.5, 0.6) is 11.5 Å². The zero-order chi connectivity index (χ0) is 69.0. The van der Waals surface area contributed by atoms with Crippen molar-refractivity contribution in [3.8, 4) is 46.0 Å². The topological polar surface area (TPSA) is 132 Å². The van der Waals surface area contributed by atoms with Crippen molar-refractivity contribution in [1.29, 1.82) is 5.26 Å². The summed E-state index contributed by atoms with van der Waals surface area (Å²) in [6, 6.07) is 100. The molecule has 0 unspecified atom stereocenters. The number of fused-ring (bicyclic) bond motifs is 21. The lowest BCUT2D eigenvalue weighted by Gasteiger charge is -2.30. The Morgan fingerprint density at radius 1 is 0.286 bits per heavy atom. The number of furan rings is 2. The zero-order valence-electron chi connectivity index (χ0n) is 56.3. The van der Waals surface area contributed by atoms with E-state index in [0.29, 0.717) is 43.0 Å². The molecule has 13 nitrogen and oxygen atoms in total. The van der Waals surface area contributed by atoms with Crippen LogP contribution in [0.1, 0.15) is 16.7 Å². The molecule has 0 spiro atoms. The number of nitrogens with zero attached hydrogens (tertiary/aromatic N) is 9. The second kappa shape index (κ2) is 22.9. The van der Waals surface area contributed by atoms with Gasteiger partial charge in [-0.15, -0.1) is 0 Å². The number of para-hydroxylation sites is 9. The fourth-order valence-corrected chi connectivity index (χ4v) is 17.1. The standard InChI is InChI=1S/C92H57N9O4/c93-54-70-86(99-73-33-10-3-26-65(73)83-78(99)36-17-47-94-83)88(97-71-31-8-1-22-59(71)68-52-57(41-43-76(68)97)102-50-45-55-20-15-29-63-61-24-6-13-39-81(61)104-91(55)63)90(101-75-35-12-5-28-67(75)85-80(101)38-19-49-96-85)89(87(70)100-74-34-11-4-27-66(74)84-79(100)37-18-48-95-84)98-72-32-9-2-23-60(72)69-53-58(42-44-77(69)98)103-51-46-56-21-16-30-64-62-25-7-14-40-82(62)105-92(56)64/h1-44,47-49,52-53H,45-46,50-51H2. The minimum atomic E-state index is 0.399. The largest absolute Gasteiger partial charge is 0.493 e. The van der Waals surface area contributed by atoms with Crippen LogP contribution in [-0.4, -0.2) is 51.0 Å². The summed E-state index contributed by atoms with van der Waals surface area (Å²) in [6.07, 6.45) is 6.84. The number of rotatable bonds is 13. The number of ether oxygens (including phenoxy) is 2. The Labute approximate surface area is 597 Å². The predicted octanol–water partition coefficient (Wildman–Crippen LogP) is 22.3. The lowest BCUT2D eigenvalue weighted by atomic mass is 10.0. The van der Waals surface area contributed by atoms with Crippen LogP contribution in [0.4, 0.5) is 0 Å². The van der Waals surface area contributed by atoms with Crippen molar-refractivity contribution in [1.82, 2.24) is 37.8 Å². The van der Waals surface area contributed by atoms with Crippen LogP contribution in [0.15, 0.2) is 306 Å². The van der Waals surface area contributed by atoms with Crippen LogP contribution in [0.3, 0.4) is 0 Å². The molecule has 105 heavy (non-hydrogen) atoms. The summed E-state index contributed by atoms with van der Waals surface area (Å²) < 4.78 is 38.7. The van der Waals surface area contributed by atoms with E-state index >= 15 is 0 Å². The number of hydrogen-bond donors (Lipinski definition) is 0.